The highest BCUT2D eigenvalue weighted by molar-refractivity contribution is 5.89. The fourth-order valence-electron chi connectivity index (χ4n) is 2.63. The summed E-state index contributed by atoms with van der Waals surface area (Å²) in [5, 5.41) is 17.4. The quantitative estimate of drug-likeness (QED) is 0.599. The zero-order chi connectivity index (χ0) is 17.2. The van der Waals surface area contributed by atoms with Crippen LogP contribution >= 0.6 is 0 Å². The summed E-state index contributed by atoms with van der Waals surface area (Å²) in [6.45, 7) is -0.0417. The fourth-order valence-corrected chi connectivity index (χ4v) is 2.63. The molecule has 4 aromatic rings. The zero-order valence-corrected chi connectivity index (χ0v) is 13.1. The minimum atomic E-state index is -0.378. The molecule has 0 spiro atoms. The lowest BCUT2D eigenvalue weighted by atomic mass is 10.2. The van der Waals surface area contributed by atoms with Gasteiger partial charge in [0.25, 0.3) is 0 Å². The normalized spacial score (nSPS) is 11.0. The number of nitrogens with one attached hydrogen (secondary N) is 1. The second kappa shape index (κ2) is 6.29. The van der Waals surface area contributed by atoms with Gasteiger partial charge in [-0.05, 0) is 29.8 Å². The van der Waals surface area contributed by atoms with Crippen LogP contribution < -0.4 is 5.32 Å². The smallest absolute Gasteiger partial charge is 0.168 e. The van der Waals surface area contributed by atoms with Gasteiger partial charge in [-0.2, -0.15) is 5.10 Å². The van der Waals surface area contributed by atoms with E-state index in [0.29, 0.717) is 22.5 Å². The Balaban J connectivity index is 1.78. The number of aromatic nitrogens is 4. The Morgan fingerprint density at radius 3 is 2.80 bits per heavy atom. The van der Waals surface area contributed by atoms with Gasteiger partial charge in [-0.15, -0.1) is 0 Å². The zero-order valence-electron chi connectivity index (χ0n) is 13.1. The summed E-state index contributed by atoms with van der Waals surface area (Å²) in [4.78, 5) is 8.49. The van der Waals surface area contributed by atoms with E-state index in [9.17, 15) is 9.50 Å². The molecule has 124 valence electrons. The number of nitrogens with zero attached hydrogens (tertiary/aromatic N) is 4. The van der Waals surface area contributed by atoms with Crippen LogP contribution in [-0.4, -0.2) is 24.9 Å². The molecule has 0 aliphatic rings. The van der Waals surface area contributed by atoms with Gasteiger partial charge in [0.2, 0.25) is 0 Å². The number of aliphatic hydroxyl groups excluding tert-OH is 1. The van der Waals surface area contributed by atoms with E-state index in [2.05, 4.69) is 20.4 Å². The SMILES string of the molecule is OCc1cccc(Nc2ncnc3c2cnn3-c2ccccc2F)c1. The highest BCUT2D eigenvalue weighted by Crippen LogP contribution is 2.25. The molecule has 0 bridgehead atoms. The lowest BCUT2D eigenvalue weighted by molar-refractivity contribution is 0.282. The molecule has 0 saturated carbocycles. The van der Waals surface area contributed by atoms with E-state index >= 15 is 0 Å². The Hall–Kier alpha value is -3.32. The highest BCUT2D eigenvalue weighted by Gasteiger charge is 2.13. The Morgan fingerprint density at radius 1 is 1.08 bits per heavy atom. The van der Waals surface area contributed by atoms with Crippen LogP contribution in [0.4, 0.5) is 15.9 Å². The number of rotatable bonds is 4. The molecule has 0 saturated heterocycles. The molecule has 25 heavy (non-hydrogen) atoms. The van der Waals surface area contributed by atoms with Gasteiger partial charge in [0.1, 0.15) is 23.6 Å². The Labute approximate surface area is 142 Å². The molecule has 2 aromatic heterocycles. The summed E-state index contributed by atoms with van der Waals surface area (Å²) in [5.41, 5.74) is 2.40. The van der Waals surface area contributed by atoms with E-state index in [1.165, 1.54) is 17.1 Å². The van der Waals surface area contributed by atoms with Crippen molar-refractivity contribution in [2.24, 2.45) is 0 Å². The van der Waals surface area contributed by atoms with Crippen molar-refractivity contribution in [1.29, 1.82) is 0 Å². The summed E-state index contributed by atoms with van der Waals surface area (Å²) < 4.78 is 15.5. The molecule has 0 radical (unpaired) electrons. The third kappa shape index (κ3) is 2.81. The van der Waals surface area contributed by atoms with Gasteiger partial charge in [0, 0.05) is 5.69 Å². The Morgan fingerprint density at radius 2 is 1.96 bits per heavy atom. The average molecular weight is 335 g/mol. The van der Waals surface area contributed by atoms with Crippen molar-refractivity contribution >= 4 is 22.5 Å². The average Bonchev–Trinajstić information content (AvgIpc) is 3.07. The van der Waals surface area contributed by atoms with Gasteiger partial charge in [-0.1, -0.05) is 24.3 Å². The lowest BCUT2D eigenvalue weighted by Gasteiger charge is -2.08. The fraction of sp³-hybridized carbons (Fsp3) is 0.0556. The van der Waals surface area contributed by atoms with Gasteiger partial charge in [0.15, 0.2) is 5.65 Å². The monoisotopic (exact) mass is 335 g/mol. The minimum absolute atomic E-state index is 0.0417. The summed E-state index contributed by atoms with van der Waals surface area (Å²) in [6.07, 6.45) is 3.00. The molecule has 0 unspecified atom stereocenters. The van der Waals surface area contributed by atoms with Gasteiger partial charge in [-0.3, -0.25) is 0 Å². The van der Waals surface area contributed by atoms with Crippen molar-refractivity contribution in [1.82, 2.24) is 19.7 Å². The van der Waals surface area contributed by atoms with Crippen molar-refractivity contribution in [3.63, 3.8) is 0 Å². The number of hydrogen-bond donors (Lipinski definition) is 2. The first-order valence-corrected chi connectivity index (χ1v) is 7.67. The molecule has 2 N–H and O–H groups in total. The van der Waals surface area contributed by atoms with E-state index in [0.717, 1.165) is 11.3 Å². The maximum atomic E-state index is 14.1. The Bertz CT molecular complexity index is 1050. The van der Waals surface area contributed by atoms with Crippen LogP contribution in [0.15, 0.2) is 61.1 Å². The topological polar surface area (TPSA) is 75.9 Å². The number of hydrogen-bond acceptors (Lipinski definition) is 5. The molecule has 0 atom stereocenters. The molecule has 7 heteroatoms. The van der Waals surface area contributed by atoms with Gasteiger partial charge in [-0.25, -0.2) is 19.0 Å². The maximum absolute atomic E-state index is 14.1. The summed E-state index contributed by atoms with van der Waals surface area (Å²) >= 11 is 0. The molecule has 2 aromatic carbocycles. The first kappa shape index (κ1) is 15.2. The van der Waals surface area contributed by atoms with Crippen LogP contribution in [0.2, 0.25) is 0 Å². The molecular formula is C18H14FN5O. The van der Waals surface area contributed by atoms with Crippen LogP contribution in [0.25, 0.3) is 16.7 Å². The van der Waals surface area contributed by atoms with Crippen LogP contribution in [0.5, 0.6) is 0 Å². The van der Waals surface area contributed by atoms with E-state index in [-0.39, 0.29) is 12.4 Å². The first-order chi connectivity index (χ1) is 12.3. The maximum Gasteiger partial charge on any atom is 0.168 e. The standard InChI is InChI=1S/C18H14FN5O/c19-15-6-1-2-7-16(15)24-18-14(9-22-24)17(20-11-21-18)23-13-5-3-4-12(8-13)10-25/h1-9,11,25H,10H2,(H,20,21,23). The molecule has 0 fully saturated rings. The van der Waals surface area contributed by atoms with E-state index < -0.39 is 0 Å². The third-order valence-corrected chi connectivity index (χ3v) is 3.82. The predicted octanol–water partition coefficient (Wildman–Crippen LogP) is 3.19. The number of fused-ring (bicyclic) bond motifs is 1. The van der Waals surface area contributed by atoms with Crippen molar-refractivity contribution < 1.29 is 9.50 Å². The number of para-hydroxylation sites is 1. The largest absolute Gasteiger partial charge is 0.392 e. The van der Waals surface area contributed by atoms with Gasteiger partial charge in [0.05, 0.1) is 18.2 Å². The molecule has 6 nitrogen and oxygen atoms in total. The van der Waals surface area contributed by atoms with E-state index in [4.69, 9.17) is 0 Å². The van der Waals surface area contributed by atoms with E-state index in [1.807, 2.05) is 24.3 Å². The minimum Gasteiger partial charge on any atom is -0.392 e. The predicted molar refractivity (Wildman–Crippen MR) is 92.3 cm³/mol. The third-order valence-electron chi connectivity index (χ3n) is 3.82. The van der Waals surface area contributed by atoms with Crippen LogP contribution in [0, 0.1) is 5.82 Å². The van der Waals surface area contributed by atoms with Crippen LogP contribution in [0.3, 0.4) is 0 Å². The molecule has 4 rings (SSSR count). The first-order valence-electron chi connectivity index (χ1n) is 7.67. The van der Waals surface area contributed by atoms with Gasteiger partial charge >= 0.3 is 0 Å². The number of aliphatic hydroxyl groups is 1. The van der Waals surface area contributed by atoms with Gasteiger partial charge < -0.3 is 10.4 Å². The van der Waals surface area contributed by atoms with E-state index in [1.54, 1.807) is 24.4 Å². The highest BCUT2D eigenvalue weighted by atomic mass is 19.1. The second-order valence-corrected chi connectivity index (χ2v) is 5.45. The Kier molecular flexibility index (Phi) is 3.83. The van der Waals surface area contributed by atoms with Crippen molar-refractivity contribution in [2.75, 3.05) is 5.32 Å². The summed E-state index contributed by atoms with van der Waals surface area (Å²) in [5.74, 6) is 0.180. The molecule has 0 aliphatic carbocycles. The second-order valence-electron chi connectivity index (χ2n) is 5.45. The molecular weight excluding hydrogens is 321 g/mol. The van der Waals surface area contributed by atoms with Crippen LogP contribution in [0.1, 0.15) is 5.56 Å². The summed E-state index contributed by atoms with van der Waals surface area (Å²) in [7, 11) is 0. The number of halogens is 1. The molecule has 2 heterocycles. The summed E-state index contributed by atoms with van der Waals surface area (Å²) in [6, 6.07) is 13.8. The van der Waals surface area contributed by atoms with Crippen molar-refractivity contribution in [3.05, 3.63) is 72.4 Å². The lowest BCUT2D eigenvalue weighted by Crippen LogP contribution is -2.01. The van der Waals surface area contributed by atoms with Crippen molar-refractivity contribution in [3.8, 4) is 5.69 Å². The number of anilines is 2. The molecule has 0 amide bonds. The molecule has 0 aliphatic heterocycles. The van der Waals surface area contributed by atoms with Crippen molar-refractivity contribution in [2.45, 2.75) is 6.61 Å². The van der Waals surface area contributed by atoms with Crippen LogP contribution in [-0.2, 0) is 6.61 Å². The number of benzene rings is 2.